The van der Waals surface area contributed by atoms with Crippen LogP contribution in [0, 0.1) is 0 Å². The molecule has 1 heterocycles. The maximum absolute atomic E-state index is 12.7. The third kappa shape index (κ3) is 4.93. The van der Waals surface area contributed by atoms with Crippen molar-refractivity contribution in [1.29, 1.82) is 0 Å². The molecule has 0 aliphatic heterocycles. The maximum Gasteiger partial charge on any atom is 0.423 e. The van der Waals surface area contributed by atoms with E-state index in [9.17, 15) is 27.6 Å². The molecule has 0 spiro atoms. The first-order chi connectivity index (χ1) is 11.8. The lowest BCUT2D eigenvalue weighted by Crippen LogP contribution is -2.34. The minimum absolute atomic E-state index is 0.137. The van der Waals surface area contributed by atoms with Crippen LogP contribution >= 0.6 is 0 Å². The molecule has 0 atom stereocenters. The average molecular weight is 353 g/mol. The van der Waals surface area contributed by atoms with Gasteiger partial charge in [-0.3, -0.25) is 19.1 Å². The van der Waals surface area contributed by atoms with Crippen LogP contribution in [-0.2, 0) is 12.7 Å². The summed E-state index contributed by atoms with van der Waals surface area (Å²) in [7, 11) is 0. The van der Waals surface area contributed by atoms with Crippen molar-refractivity contribution in [3.63, 3.8) is 0 Å². The van der Waals surface area contributed by atoms with Crippen LogP contribution in [0.3, 0.4) is 0 Å². The molecule has 0 fully saturated rings. The molecule has 0 saturated heterocycles. The van der Waals surface area contributed by atoms with Crippen LogP contribution in [0.1, 0.15) is 15.9 Å². The lowest BCUT2D eigenvalue weighted by atomic mass is 10.2. The molecule has 0 aliphatic carbocycles. The van der Waals surface area contributed by atoms with Gasteiger partial charge < -0.3 is 5.32 Å². The molecule has 1 aromatic heterocycles. The molecule has 2 rings (SSSR count). The fraction of sp³-hybridized carbons (Fsp3) is 0.188. The predicted molar refractivity (Wildman–Crippen MR) is 84.2 cm³/mol. The van der Waals surface area contributed by atoms with Gasteiger partial charge in [-0.2, -0.15) is 13.2 Å². The summed E-state index contributed by atoms with van der Waals surface area (Å²) in [6.45, 7) is -0.0438. The molecule has 0 aliphatic rings. The standard InChI is InChI=1S/C16H14F3N3O3/c17-16(18,19)12-10-22(15(25)21-14(12)24)9-5-4-8-20-13(23)11-6-2-1-3-7-11/h1-7,10H,8-9H2,(H,20,23)(H,21,24,25)/b5-4-. The molecule has 2 N–H and O–H groups in total. The third-order valence-electron chi connectivity index (χ3n) is 3.20. The number of nitrogens with one attached hydrogen (secondary N) is 2. The van der Waals surface area contributed by atoms with Gasteiger partial charge in [0.15, 0.2) is 0 Å². The number of allylic oxidation sites excluding steroid dienone is 1. The molecule has 0 radical (unpaired) electrons. The number of rotatable bonds is 5. The van der Waals surface area contributed by atoms with E-state index < -0.39 is 23.0 Å². The highest BCUT2D eigenvalue weighted by Crippen LogP contribution is 2.25. The van der Waals surface area contributed by atoms with Crippen molar-refractivity contribution in [3.8, 4) is 0 Å². The highest BCUT2D eigenvalue weighted by Gasteiger charge is 2.34. The molecule has 25 heavy (non-hydrogen) atoms. The minimum Gasteiger partial charge on any atom is -0.349 e. The largest absolute Gasteiger partial charge is 0.423 e. The van der Waals surface area contributed by atoms with Crippen LogP contribution in [-0.4, -0.2) is 22.0 Å². The molecular weight excluding hydrogens is 339 g/mol. The summed E-state index contributed by atoms with van der Waals surface area (Å²) in [5.41, 5.74) is -3.40. The summed E-state index contributed by atoms with van der Waals surface area (Å²) in [5, 5.41) is 2.59. The van der Waals surface area contributed by atoms with E-state index >= 15 is 0 Å². The van der Waals surface area contributed by atoms with E-state index in [0.29, 0.717) is 11.8 Å². The summed E-state index contributed by atoms with van der Waals surface area (Å²) >= 11 is 0. The van der Waals surface area contributed by atoms with Crippen molar-refractivity contribution in [1.82, 2.24) is 14.9 Å². The predicted octanol–water partition coefficient (Wildman–Crippen LogP) is 1.54. The van der Waals surface area contributed by atoms with Gasteiger partial charge in [-0.1, -0.05) is 30.4 Å². The summed E-state index contributed by atoms with van der Waals surface area (Å²) < 4.78 is 38.7. The van der Waals surface area contributed by atoms with Crippen molar-refractivity contribution in [2.24, 2.45) is 0 Å². The molecule has 0 bridgehead atoms. The zero-order chi connectivity index (χ0) is 18.4. The summed E-state index contributed by atoms with van der Waals surface area (Å²) in [6.07, 6.45) is -1.48. The molecular formula is C16H14F3N3O3. The van der Waals surface area contributed by atoms with Gasteiger partial charge in [0.05, 0.1) is 0 Å². The van der Waals surface area contributed by atoms with E-state index in [-0.39, 0.29) is 19.0 Å². The number of amides is 1. The van der Waals surface area contributed by atoms with Crippen LogP contribution in [0.4, 0.5) is 13.2 Å². The van der Waals surface area contributed by atoms with Gasteiger partial charge in [0.1, 0.15) is 5.56 Å². The quantitative estimate of drug-likeness (QED) is 0.800. The lowest BCUT2D eigenvalue weighted by molar-refractivity contribution is -0.139. The summed E-state index contributed by atoms with van der Waals surface area (Å²) in [4.78, 5) is 36.1. The Bertz CT molecular complexity index is 883. The topological polar surface area (TPSA) is 84.0 Å². The highest BCUT2D eigenvalue weighted by molar-refractivity contribution is 5.94. The Labute approximate surface area is 139 Å². The van der Waals surface area contributed by atoms with Crippen molar-refractivity contribution in [2.45, 2.75) is 12.7 Å². The number of aromatic amines is 1. The Hall–Kier alpha value is -3.10. The van der Waals surface area contributed by atoms with Crippen LogP contribution in [0.25, 0.3) is 0 Å². The number of aromatic nitrogens is 2. The number of carbonyl (C=O) groups excluding carboxylic acids is 1. The first-order valence-corrected chi connectivity index (χ1v) is 7.18. The van der Waals surface area contributed by atoms with Gasteiger partial charge in [-0.05, 0) is 12.1 Å². The number of H-pyrrole nitrogens is 1. The normalized spacial score (nSPS) is 11.6. The number of nitrogens with zero attached hydrogens (tertiary/aromatic N) is 1. The Morgan fingerprint density at radius 3 is 2.48 bits per heavy atom. The molecule has 0 saturated carbocycles. The zero-order valence-corrected chi connectivity index (χ0v) is 12.8. The van der Waals surface area contributed by atoms with Crippen molar-refractivity contribution < 1.29 is 18.0 Å². The first-order valence-electron chi connectivity index (χ1n) is 7.18. The Balaban J connectivity index is 1.97. The molecule has 9 heteroatoms. The van der Waals surface area contributed by atoms with Crippen molar-refractivity contribution in [3.05, 3.63) is 80.6 Å². The summed E-state index contributed by atoms with van der Waals surface area (Å²) in [5.74, 6) is -0.300. The Morgan fingerprint density at radius 1 is 1.16 bits per heavy atom. The third-order valence-corrected chi connectivity index (χ3v) is 3.20. The Kier molecular flexibility index (Phi) is 5.58. The second kappa shape index (κ2) is 7.65. The molecule has 0 unspecified atom stereocenters. The monoisotopic (exact) mass is 353 g/mol. The number of alkyl halides is 3. The fourth-order valence-corrected chi connectivity index (χ4v) is 1.96. The van der Waals surface area contributed by atoms with E-state index in [2.05, 4.69) is 5.32 Å². The van der Waals surface area contributed by atoms with Gasteiger partial charge >= 0.3 is 11.9 Å². The van der Waals surface area contributed by atoms with Gasteiger partial charge in [0, 0.05) is 24.8 Å². The fourth-order valence-electron chi connectivity index (χ4n) is 1.96. The minimum atomic E-state index is -4.85. The van der Waals surface area contributed by atoms with E-state index in [1.54, 1.807) is 35.3 Å². The van der Waals surface area contributed by atoms with Gasteiger partial charge in [-0.25, -0.2) is 4.79 Å². The van der Waals surface area contributed by atoms with Gasteiger partial charge in [-0.15, -0.1) is 0 Å². The summed E-state index contributed by atoms with van der Waals surface area (Å²) in [6, 6.07) is 8.47. The molecule has 2 aromatic rings. The van der Waals surface area contributed by atoms with Crippen molar-refractivity contribution >= 4 is 5.91 Å². The van der Waals surface area contributed by atoms with E-state index in [4.69, 9.17) is 0 Å². The van der Waals surface area contributed by atoms with Crippen LogP contribution < -0.4 is 16.6 Å². The van der Waals surface area contributed by atoms with E-state index in [1.807, 2.05) is 0 Å². The number of hydrogen-bond acceptors (Lipinski definition) is 3. The molecule has 1 aromatic carbocycles. The van der Waals surface area contributed by atoms with E-state index in [1.165, 1.54) is 12.2 Å². The first kappa shape index (κ1) is 18.2. The second-order valence-corrected chi connectivity index (χ2v) is 5.00. The molecule has 1 amide bonds. The molecule has 6 nitrogen and oxygen atoms in total. The number of hydrogen-bond donors (Lipinski definition) is 2. The second-order valence-electron chi connectivity index (χ2n) is 5.00. The van der Waals surface area contributed by atoms with Crippen LogP contribution in [0.5, 0.6) is 0 Å². The lowest BCUT2D eigenvalue weighted by Gasteiger charge is -2.08. The number of carbonyl (C=O) groups is 1. The van der Waals surface area contributed by atoms with Crippen LogP contribution in [0.15, 0.2) is 58.3 Å². The van der Waals surface area contributed by atoms with Crippen LogP contribution in [0.2, 0.25) is 0 Å². The zero-order valence-electron chi connectivity index (χ0n) is 12.8. The van der Waals surface area contributed by atoms with Crippen molar-refractivity contribution in [2.75, 3.05) is 6.54 Å². The molecule has 132 valence electrons. The average Bonchev–Trinajstić information content (AvgIpc) is 2.55. The maximum atomic E-state index is 12.7. The highest BCUT2D eigenvalue weighted by atomic mass is 19.4. The van der Waals surface area contributed by atoms with Gasteiger partial charge in [0.2, 0.25) is 0 Å². The smallest absolute Gasteiger partial charge is 0.349 e. The Morgan fingerprint density at radius 2 is 1.84 bits per heavy atom. The number of halogens is 3. The SMILES string of the molecule is O=C(NC/C=C\Cn1cc(C(F)(F)F)c(=O)[nH]c1=O)c1ccccc1. The van der Waals surface area contributed by atoms with E-state index in [0.717, 1.165) is 4.57 Å². The van der Waals surface area contributed by atoms with Gasteiger partial charge in [0.25, 0.3) is 11.5 Å². The number of benzene rings is 1.